The van der Waals surface area contributed by atoms with Crippen molar-refractivity contribution in [2.45, 2.75) is 37.6 Å². The number of rotatable bonds is 4. The second-order valence-corrected chi connectivity index (χ2v) is 4.68. The Morgan fingerprint density at radius 1 is 1.24 bits per heavy atom. The lowest BCUT2D eigenvalue weighted by Gasteiger charge is -2.32. The third kappa shape index (κ3) is 3.30. The maximum absolute atomic E-state index is 10.6. The Balaban J connectivity index is 2.04. The molecule has 0 aromatic heterocycles. The van der Waals surface area contributed by atoms with E-state index in [4.69, 9.17) is 5.11 Å². The first-order valence-electron chi connectivity index (χ1n) is 6.27. The standard InChI is InChI=1S/C14H19NO2/c16-14(17)10-15-13-9-5-4-8-12(13)11-6-2-1-3-7-11/h1-3,6-7,12-13,15H,4-5,8-10H2,(H,16,17)/t12-,13+/m1/s1. The monoisotopic (exact) mass is 233 g/mol. The van der Waals surface area contributed by atoms with Crippen LogP contribution in [0.3, 0.4) is 0 Å². The van der Waals surface area contributed by atoms with Gasteiger partial charge in [-0.15, -0.1) is 0 Å². The van der Waals surface area contributed by atoms with Gasteiger partial charge in [-0.3, -0.25) is 4.79 Å². The quantitative estimate of drug-likeness (QED) is 0.839. The van der Waals surface area contributed by atoms with Gasteiger partial charge >= 0.3 is 5.97 Å². The van der Waals surface area contributed by atoms with Crippen molar-refractivity contribution in [2.24, 2.45) is 0 Å². The van der Waals surface area contributed by atoms with Gasteiger partial charge in [0.25, 0.3) is 0 Å². The van der Waals surface area contributed by atoms with E-state index in [9.17, 15) is 4.79 Å². The van der Waals surface area contributed by atoms with Gasteiger partial charge in [0.1, 0.15) is 0 Å². The van der Waals surface area contributed by atoms with Gasteiger partial charge < -0.3 is 10.4 Å². The molecule has 1 fully saturated rings. The molecule has 1 aliphatic carbocycles. The average molecular weight is 233 g/mol. The molecule has 1 aromatic carbocycles. The molecule has 0 bridgehead atoms. The summed E-state index contributed by atoms with van der Waals surface area (Å²) in [6, 6.07) is 10.7. The van der Waals surface area contributed by atoms with Crippen LogP contribution in [0, 0.1) is 0 Å². The van der Waals surface area contributed by atoms with Crippen LogP contribution in [0.1, 0.15) is 37.2 Å². The molecule has 3 heteroatoms. The first kappa shape index (κ1) is 12.1. The summed E-state index contributed by atoms with van der Waals surface area (Å²) in [4.78, 5) is 10.6. The van der Waals surface area contributed by atoms with Crippen LogP contribution in [0.2, 0.25) is 0 Å². The van der Waals surface area contributed by atoms with E-state index in [1.165, 1.54) is 18.4 Å². The Morgan fingerprint density at radius 2 is 1.94 bits per heavy atom. The second kappa shape index (κ2) is 5.82. The van der Waals surface area contributed by atoms with E-state index in [-0.39, 0.29) is 6.54 Å². The molecule has 92 valence electrons. The zero-order chi connectivity index (χ0) is 12.1. The molecule has 2 rings (SSSR count). The summed E-state index contributed by atoms with van der Waals surface area (Å²) in [6.07, 6.45) is 4.67. The van der Waals surface area contributed by atoms with E-state index in [1.54, 1.807) is 0 Å². The summed E-state index contributed by atoms with van der Waals surface area (Å²) >= 11 is 0. The van der Waals surface area contributed by atoms with Crippen molar-refractivity contribution in [3.05, 3.63) is 35.9 Å². The summed E-state index contributed by atoms with van der Waals surface area (Å²) < 4.78 is 0. The summed E-state index contributed by atoms with van der Waals surface area (Å²) in [5.74, 6) is -0.313. The smallest absolute Gasteiger partial charge is 0.317 e. The van der Waals surface area contributed by atoms with E-state index in [0.717, 1.165) is 12.8 Å². The molecule has 1 aromatic rings. The number of hydrogen-bond donors (Lipinski definition) is 2. The number of carboxylic acids is 1. The molecular weight excluding hydrogens is 214 g/mol. The minimum absolute atomic E-state index is 0.0635. The fraction of sp³-hybridized carbons (Fsp3) is 0.500. The highest BCUT2D eigenvalue weighted by atomic mass is 16.4. The number of aliphatic carboxylic acids is 1. The van der Waals surface area contributed by atoms with Crippen molar-refractivity contribution < 1.29 is 9.90 Å². The van der Waals surface area contributed by atoms with Crippen LogP contribution in [0.4, 0.5) is 0 Å². The zero-order valence-corrected chi connectivity index (χ0v) is 9.93. The summed E-state index contributed by atoms with van der Waals surface area (Å²) in [5, 5.41) is 11.9. The Hall–Kier alpha value is -1.35. The lowest BCUT2D eigenvalue weighted by Crippen LogP contribution is -2.39. The normalized spacial score (nSPS) is 24.5. The van der Waals surface area contributed by atoms with Gasteiger partial charge in [-0.05, 0) is 24.3 Å². The molecular formula is C14H19NO2. The predicted octanol–water partition coefficient (Wildman–Crippen LogP) is 2.39. The van der Waals surface area contributed by atoms with E-state index in [1.807, 2.05) is 6.07 Å². The maximum atomic E-state index is 10.6. The van der Waals surface area contributed by atoms with Crippen molar-refractivity contribution in [2.75, 3.05) is 6.54 Å². The SMILES string of the molecule is O=C(O)CN[C@H]1CCCC[C@@H]1c1ccccc1. The first-order valence-corrected chi connectivity index (χ1v) is 6.27. The molecule has 0 spiro atoms. The van der Waals surface area contributed by atoms with Crippen molar-refractivity contribution in [3.63, 3.8) is 0 Å². The molecule has 17 heavy (non-hydrogen) atoms. The van der Waals surface area contributed by atoms with Gasteiger partial charge in [0.2, 0.25) is 0 Å². The molecule has 2 atom stereocenters. The molecule has 0 saturated heterocycles. The van der Waals surface area contributed by atoms with Gasteiger partial charge in [-0.1, -0.05) is 43.2 Å². The molecule has 3 nitrogen and oxygen atoms in total. The molecule has 0 unspecified atom stereocenters. The van der Waals surface area contributed by atoms with Crippen molar-refractivity contribution in [1.82, 2.24) is 5.32 Å². The van der Waals surface area contributed by atoms with Crippen molar-refractivity contribution >= 4 is 5.97 Å². The Morgan fingerprint density at radius 3 is 2.65 bits per heavy atom. The third-order valence-corrected chi connectivity index (χ3v) is 3.51. The Bertz CT molecular complexity index is 364. The van der Waals surface area contributed by atoms with Crippen LogP contribution in [0.5, 0.6) is 0 Å². The number of carboxylic acid groups (broad SMARTS) is 1. The lowest BCUT2D eigenvalue weighted by atomic mass is 9.80. The topological polar surface area (TPSA) is 49.3 Å². The van der Waals surface area contributed by atoms with Crippen LogP contribution in [0.25, 0.3) is 0 Å². The van der Waals surface area contributed by atoms with Crippen molar-refractivity contribution in [3.8, 4) is 0 Å². The molecule has 1 aliphatic rings. The van der Waals surface area contributed by atoms with Gasteiger partial charge in [0.05, 0.1) is 6.54 Å². The number of carbonyl (C=O) groups is 1. The van der Waals surface area contributed by atoms with Gasteiger partial charge in [-0.2, -0.15) is 0 Å². The number of hydrogen-bond acceptors (Lipinski definition) is 2. The van der Waals surface area contributed by atoms with Crippen LogP contribution in [-0.4, -0.2) is 23.7 Å². The summed E-state index contributed by atoms with van der Waals surface area (Å²) in [7, 11) is 0. The van der Waals surface area contributed by atoms with E-state index in [2.05, 4.69) is 29.6 Å². The van der Waals surface area contributed by atoms with Crippen LogP contribution >= 0.6 is 0 Å². The van der Waals surface area contributed by atoms with Gasteiger partial charge in [-0.25, -0.2) is 0 Å². The molecule has 0 heterocycles. The highest BCUT2D eigenvalue weighted by Crippen LogP contribution is 2.32. The van der Waals surface area contributed by atoms with Gasteiger partial charge in [0.15, 0.2) is 0 Å². The zero-order valence-electron chi connectivity index (χ0n) is 9.93. The largest absolute Gasteiger partial charge is 0.480 e. The molecule has 0 radical (unpaired) electrons. The minimum atomic E-state index is -0.776. The average Bonchev–Trinajstić information content (AvgIpc) is 2.38. The van der Waals surface area contributed by atoms with Crippen LogP contribution in [-0.2, 0) is 4.79 Å². The molecule has 0 aliphatic heterocycles. The maximum Gasteiger partial charge on any atom is 0.317 e. The lowest BCUT2D eigenvalue weighted by molar-refractivity contribution is -0.136. The Labute approximate surface area is 102 Å². The van der Waals surface area contributed by atoms with E-state index >= 15 is 0 Å². The predicted molar refractivity (Wildman–Crippen MR) is 67.1 cm³/mol. The summed E-state index contributed by atoms with van der Waals surface area (Å²) in [6.45, 7) is 0.0635. The fourth-order valence-electron chi connectivity index (χ4n) is 2.69. The highest BCUT2D eigenvalue weighted by molar-refractivity contribution is 5.69. The van der Waals surface area contributed by atoms with Crippen LogP contribution in [0.15, 0.2) is 30.3 Å². The Kier molecular flexibility index (Phi) is 4.15. The molecule has 0 amide bonds. The highest BCUT2D eigenvalue weighted by Gasteiger charge is 2.26. The number of nitrogens with one attached hydrogen (secondary N) is 1. The van der Waals surface area contributed by atoms with E-state index in [0.29, 0.717) is 12.0 Å². The molecule has 2 N–H and O–H groups in total. The third-order valence-electron chi connectivity index (χ3n) is 3.51. The van der Waals surface area contributed by atoms with Crippen LogP contribution < -0.4 is 5.32 Å². The van der Waals surface area contributed by atoms with Gasteiger partial charge in [0, 0.05) is 6.04 Å². The second-order valence-electron chi connectivity index (χ2n) is 4.68. The molecule has 1 saturated carbocycles. The summed E-state index contributed by atoms with van der Waals surface area (Å²) in [5.41, 5.74) is 1.33. The minimum Gasteiger partial charge on any atom is -0.480 e. The first-order chi connectivity index (χ1) is 8.27. The van der Waals surface area contributed by atoms with E-state index < -0.39 is 5.97 Å². The van der Waals surface area contributed by atoms with Crippen molar-refractivity contribution in [1.29, 1.82) is 0 Å². The fourth-order valence-corrected chi connectivity index (χ4v) is 2.69. The number of benzene rings is 1.